The van der Waals surface area contributed by atoms with Gasteiger partial charge in [-0.05, 0) is 59.8 Å². The average molecular weight is 398 g/mol. The Balaban J connectivity index is 1.78. The van der Waals surface area contributed by atoms with E-state index in [1.165, 1.54) is 18.9 Å². The number of hydrogen-bond acceptors (Lipinski definition) is 7. The van der Waals surface area contributed by atoms with E-state index in [1.807, 2.05) is 6.07 Å². The van der Waals surface area contributed by atoms with Crippen molar-refractivity contribution in [1.29, 1.82) is 0 Å². The molecule has 144 valence electrons. The summed E-state index contributed by atoms with van der Waals surface area (Å²) in [5, 5.41) is 3.19. The number of ether oxygens (including phenoxy) is 3. The zero-order chi connectivity index (χ0) is 20.1. The third kappa shape index (κ3) is 4.34. The lowest BCUT2D eigenvalue weighted by molar-refractivity contribution is -0.115. The van der Waals surface area contributed by atoms with Crippen LogP contribution in [0.3, 0.4) is 0 Å². The Labute approximate surface area is 166 Å². The third-order valence-electron chi connectivity index (χ3n) is 3.88. The fraction of sp³-hybridized carbons (Fsp3) is 0.150. The third-order valence-corrected chi connectivity index (χ3v) is 4.79. The monoisotopic (exact) mass is 398 g/mol. The molecule has 1 N–H and O–H groups in total. The predicted molar refractivity (Wildman–Crippen MR) is 108 cm³/mol. The van der Waals surface area contributed by atoms with Gasteiger partial charge in [-0.25, -0.2) is 9.79 Å². The minimum Gasteiger partial charge on any atom is -0.493 e. The standard InChI is InChI=1S/C20H18N2O5S/c1-25-15-9-4-12(10-16(15)26-2)11-17-18(23)22-20(28-17)21-14-7-5-13(6-8-14)19(24)27-3/h4-11H,1-3H3,(H,21,22,23)/b17-11-. The number of amidine groups is 1. The highest BCUT2D eigenvalue weighted by molar-refractivity contribution is 8.18. The molecule has 3 rings (SSSR count). The molecule has 8 heteroatoms. The van der Waals surface area contributed by atoms with Crippen LogP contribution in [0.4, 0.5) is 5.69 Å². The fourth-order valence-electron chi connectivity index (χ4n) is 2.48. The second-order valence-electron chi connectivity index (χ2n) is 5.63. The van der Waals surface area contributed by atoms with Crippen molar-refractivity contribution in [2.24, 2.45) is 4.99 Å². The van der Waals surface area contributed by atoms with Crippen molar-refractivity contribution < 1.29 is 23.8 Å². The Kier molecular flexibility index (Phi) is 6.00. The van der Waals surface area contributed by atoms with Crippen LogP contribution in [0, 0.1) is 0 Å². The second kappa shape index (κ2) is 8.62. The van der Waals surface area contributed by atoms with E-state index in [9.17, 15) is 9.59 Å². The Morgan fingerprint density at radius 3 is 2.39 bits per heavy atom. The summed E-state index contributed by atoms with van der Waals surface area (Å²) in [6.45, 7) is 0. The fourth-order valence-corrected chi connectivity index (χ4v) is 3.32. The molecule has 1 aliphatic rings. The van der Waals surface area contributed by atoms with Gasteiger partial charge in [-0.15, -0.1) is 0 Å². The SMILES string of the molecule is COC(=O)c1ccc(N=C2NC(=O)/C(=C/c3ccc(OC)c(OC)c3)S2)cc1. The topological polar surface area (TPSA) is 86.2 Å². The second-order valence-corrected chi connectivity index (χ2v) is 6.67. The molecule has 0 atom stereocenters. The Morgan fingerprint density at radius 1 is 1.04 bits per heavy atom. The van der Waals surface area contributed by atoms with Crippen LogP contribution in [0.1, 0.15) is 15.9 Å². The van der Waals surface area contributed by atoms with Gasteiger partial charge < -0.3 is 19.5 Å². The first-order valence-corrected chi connectivity index (χ1v) is 9.05. The van der Waals surface area contributed by atoms with Gasteiger partial charge in [-0.1, -0.05) is 6.07 Å². The summed E-state index contributed by atoms with van der Waals surface area (Å²) in [4.78, 5) is 28.6. The van der Waals surface area contributed by atoms with Crippen molar-refractivity contribution in [2.75, 3.05) is 21.3 Å². The zero-order valence-corrected chi connectivity index (χ0v) is 16.3. The molecule has 1 amide bonds. The first kappa shape index (κ1) is 19.5. The number of aliphatic imine (C=N–C) groups is 1. The van der Waals surface area contributed by atoms with Crippen LogP contribution in [0.2, 0.25) is 0 Å². The maximum Gasteiger partial charge on any atom is 0.337 e. The largest absolute Gasteiger partial charge is 0.493 e. The van der Waals surface area contributed by atoms with E-state index in [-0.39, 0.29) is 5.91 Å². The molecule has 0 spiro atoms. The molecule has 0 aliphatic carbocycles. The minimum absolute atomic E-state index is 0.232. The molecule has 2 aromatic carbocycles. The van der Waals surface area contributed by atoms with E-state index >= 15 is 0 Å². The number of nitrogens with zero attached hydrogens (tertiary/aromatic N) is 1. The van der Waals surface area contributed by atoms with E-state index < -0.39 is 5.97 Å². The summed E-state index contributed by atoms with van der Waals surface area (Å²) in [5.41, 5.74) is 1.85. The van der Waals surface area contributed by atoms with Gasteiger partial charge in [0, 0.05) is 0 Å². The first-order chi connectivity index (χ1) is 13.5. The summed E-state index contributed by atoms with van der Waals surface area (Å²) < 4.78 is 15.2. The minimum atomic E-state index is -0.414. The number of esters is 1. The first-order valence-electron chi connectivity index (χ1n) is 8.24. The lowest BCUT2D eigenvalue weighted by Gasteiger charge is -2.07. The number of methoxy groups -OCH3 is 3. The highest BCUT2D eigenvalue weighted by Gasteiger charge is 2.24. The number of benzene rings is 2. The molecule has 7 nitrogen and oxygen atoms in total. The van der Waals surface area contributed by atoms with Crippen LogP contribution in [0.15, 0.2) is 52.4 Å². The highest BCUT2D eigenvalue weighted by Crippen LogP contribution is 2.32. The summed E-state index contributed by atoms with van der Waals surface area (Å²) in [7, 11) is 4.45. The average Bonchev–Trinajstić information content (AvgIpc) is 3.06. The maximum atomic E-state index is 12.2. The van der Waals surface area contributed by atoms with Crippen molar-refractivity contribution in [3.05, 3.63) is 58.5 Å². The molecule has 1 aliphatic heterocycles. The molecule has 28 heavy (non-hydrogen) atoms. The molecule has 0 aromatic heterocycles. The van der Waals surface area contributed by atoms with Crippen molar-refractivity contribution in [3.63, 3.8) is 0 Å². The number of thioether (sulfide) groups is 1. The molecule has 0 bridgehead atoms. The van der Waals surface area contributed by atoms with Gasteiger partial charge in [-0.2, -0.15) is 0 Å². The van der Waals surface area contributed by atoms with Gasteiger partial charge in [-0.3, -0.25) is 4.79 Å². The van der Waals surface area contributed by atoms with Crippen LogP contribution >= 0.6 is 11.8 Å². The molecule has 2 aromatic rings. The molecule has 0 radical (unpaired) electrons. The van der Waals surface area contributed by atoms with Crippen LogP contribution in [0.25, 0.3) is 6.08 Å². The van der Waals surface area contributed by atoms with Gasteiger partial charge in [0.1, 0.15) is 0 Å². The summed E-state index contributed by atoms with van der Waals surface area (Å²) in [5.74, 6) is 0.554. The number of rotatable bonds is 5. The van der Waals surface area contributed by atoms with Crippen LogP contribution in [0.5, 0.6) is 11.5 Å². The molecule has 0 unspecified atom stereocenters. The lowest BCUT2D eigenvalue weighted by atomic mass is 10.2. The summed E-state index contributed by atoms with van der Waals surface area (Å²) in [6, 6.07) is 12.0. The zero-order valence-electron chi connectivity index (χ0n) is 15.5. The quantitative estimate of drug-likeness (QED) is 0.614. The van der Waals surface area contributed by atoms with E-state index in [0.29, 0.717) is 32.8 Å². The van der Waals surface area contributed by atoms with E-state index in [1.54, 1.807) is 56.7 Å². The molecular weight excluding hydrogens is 380 g/mol. The molecule has 1 heterocycles. The van der Waals surface area contributed by atoms with Crippen LogP contribution < -0.4 is 14.8 Å². The van der Waals surface area contributed by atoms with Crippen LogP contribution in [-0.2, 0) is 9.53 Å². The molecule has 1 saturated heterocycles. The molecule has 1 fully saturated rings. The summed E-state index contributed by atoms with van der Waals surface area (Å²) >= 11 is 1.23. The van der Waals surface area contributed by atoms with Gasteiger partial charge in [0.05, 0.1) is 37.5 Å². The van der Waals surface area contributed by atoms with E-state index in [4.69, 9.17) is 9.47 Å². The summed E-state index contributed by atoms with van der Waals surface area (Å²) in [6.07, 6.45) is 1.75. The Bertz CT molecular complexity index is 967. The van der Waals surface area contributed by atoms with E-state index in [0.717, 1.165) is 5.56 Å². The van der Waals surface area contributed by atoms with E-state index in [2.05, 4.69) is 15.0 Å². The smallest absolute Gasteiger partial charge is 0.337 e. The predicted octanol–water partition coefficient (Wildman–Crippen LogP) is 3.38. The van der Waals surface area contributed by atoms with Crippen molar-refractivity contribution in [1.82, 2.24) is 5.32 Å². The van der Waals surface area contributed by atoms with Crippen molar-refractivity contribution in [2.45, 2.75) is 0 Å². The number of hydrogen-bond donors (Lipinski definition) is 1. The molecule has 0 saturated carbocycles. The van der Waals surface area contributed by atoms with Crippen molar-refractivity contribution in [3.8, 4) is 11.5 Å². The number of carbonyl (C=O) groups is 2. The number of nitrogens with one attached hydrogen (secondary N) is 1. The van der Waals surface area contributed by atoms with Crippen molar-refractivity contribution >= 4 is 40.6 Å². The maximum absolute atomic E-state index is 12.2. The number of carbonyl (C=O) groups excluding carboxylic acids is 2. The lowest BCUT2D eigenvalue weighted by Crippen LogP contribution is -2.19. The normalized spacial score (nSPS) is 16.2. The highest BCUT2D eigenvalue weighted by atomic mass is 32.2. The number of amides is 1. The van der Waals surface area contributed by atoms with Crippen LogP contribution in [-0.4, -0.2) is 38.4 Å². The Hall–Kier alpha value is -3.26. The van der Waals surface area contributed by atoms with Gasteiger partial charge in [0.15, 0.2) is 16.7 Å². The molecular formula is C20H18N2O5S. The Morgan fingerprint density at radius 2 is 1.75 bits per heavy atom. The van der Waals surface area contributed by atoms with Gasteiger partial charge in [0.2, 0.25) is 0 Å². The van der Waals surface area contributed by atoms with Gasteiger partial charge >= 0.3 is 5.97 Å². The van der Waals surface area contributed by atoms with Gasteiger partial charge in [0.25, 0.3) is 5.91 Å².